The Balaban J connectivity index is 2.03. The van der Waals surface area contributed by atoms with Crippen LogP contribution in [-0.4, -0.2) is 11.1 Å². The number of carbonyl (C=O) groups is 1. The molecule has 1 unspecified atom stereocenters. The van der Waals surface area contributed by atoms with Crippen molar-refractivity contribution in [3.63, 3.8) is 0 Å². The Hall–Kier alpha value is -2.44. The van der Waals surface area contributed by atoms with Crippen molar-refractivity contribution in [1.29, 1.82) is 0 Å². The van der Waals surface area contributed by atoms with Gasteiger partial charge in [-0.15, -0.1) is 9.24 Å². The number of carboxylic acid groups (broad SMARTS) is 1. The standard InChI is InChI=1S/C24H25O2P/c25-23(26)18-10-8-12-19-11-7-9-17-22(19)24(27,20-13-3-1-4-14-20)21-15-5-2-6-16-21/h1-7,9,11,13-17H,8,10,12,18,27H2,(H,25,26). The average molecular weight is 376 g/mol. The van der Waals surface area contributed by atoms with Crippen LogP contribution < -0.4 is 0 Å². The van der Waals surface area contributed by atoms with Gasteiger partial charge in [0.05, 0.1) is 5.16 Å². The average Bonchev–Trinajstić information content (AvgIpc) is 2.72. The zero-order valence-electron chi connectivity index (χ0n) is 15.3. The highest BCUT2D eigenvalue weighted by Gasteiger charge is 2.32. The molecule has 0 amide bonds. The second-order valence-electron chi connectivity index (χ2n) is 6.80. The molecular formula is C24H25O2P. The van der Waals surface area contributed by atoms with Crippen molar-refractivity contribution in [2.75, 3.05) is 0 Å². The van der Waals surface area contributed by atoms with Crippen molar-refractivity contribution in [2.45, 2.75) is 30.8 Å². The summed E-state index contributed by atoms with van der Waals surface area (Å²) in [5.74, 6) is -0.725. The third-order valence-electron chi connectivity index (χ3n) is 4.99. The summed E-state index contributed by atoms with van der Waals surface area (Å²) < 4.78 is 0. The van der Waals surface area contributed by atoms with Crippen LogP contribution in [0.25, 0.3) is 0 Å². The SMILES string of the molecule is O=C(O)CCCCc1ccccc1C(P)(c1ccccc1)c1ccccc1. The van der Waals surface area contributed by atoms with Gasteiger partial charge in [-0.3, -0.25) is 4.79 Å². The molecule has 3 rings (SSSR count). The highest BCUT2D eigenvalue weighted by atomic mass is 31.0. The summed E-state index contributed by atoms with van der Waals surface area (Å²) in [6.45, 7) is 0. The largest absolute Gasteiger partial charge is 0.481 e. The quantitative estimate of drug-likeness (QED) is 0.313. The topological polar surface area (TPSA) is 37.3 Å². The molecule has 0 aliphatic heterocycles. The summed E-state index contributed by atoms with van der Waals surface area (Å²) in [5.41, 5.74) is 4.96. The smallest absolute Gasteiger partial charge is 0.303 e. The summed E-state index contributed by atoms with van der Waals surface area (Å²) in [7, 11) is 3.09. The summed E-state index contributed by atoms with van der Waals surface area (Å²) in [6.07, 6.45) is 2.67. The first-order valence-corrected chi connectivity index (χ1v) is 9.90. The maximum Gasteiger partial charge on any atom is 0.303 e. The predicted octanol–water partition coefficient (Wildman–Crippen LogP) is 5.65. The fourth-order valence-electron chi connectivity index (χ4n) is 3.59. The van der Waals surface area contributed by atoms with Crippen molar-refractivity contribution in [3.8, 4) is 0 Å². The lowest BCUT2D eigenvalue weighted by Crippen LogP contribution is -2.23. The monoisotopic (exact) mass is 376 g/mol. The zero-order chi connectivity index (χ0) is 19.1. The Morgan fingerprint density at radius 1 is 0.778 bits per heavy atom. The zero-order valence-corrected chi connectivity index (χ0v) is 16.5. The third-order valence-corrected chi connectivity index (χ3v) is 5.96. The normalized spacial score (nSPS) is 11.3. The van der Waals surface area contributed by atoms with Gasteiger partial charge in [0.2, 0.25) is 0 Å². The lowest BCUT2D eigenvalue weighted by molar-refractivity contribution is -0.137. The number of carboxylic acids is 1. The molecule has 0 aromatic heterocycles. The molecule has 0 aliphatic carbocycles. The van der Waals surface area contributed by atoms with Crippen molar-refractivity contribution >= 4 is 15.2 Å². The second kappa shape index (κ2) is 8.97. The van der Waals surface area contributed by atoms with Gasteiger partial charge in [-0.25, -0.2) is 0 Å². The molecule has 0 bridgehead atoms. The van der Waals surface area contributed by atoms with Crippen LogP contribution in [0.2, 0.25) is 0 Å². The molecule has 0 aliphatic rings. The van der Waals surface area contributed by atoms with Crippen LogP contribution in [0.4, 0.5) is 0 Å². The molecule has 0 spiro atoms. The van der Waals surface area contributed by atoms with Crippen molar-refractivity contribution in [3.05, 3.63) is 107 Å². The Labute approximate surface area is 163 Å². The Bertz CT molecular complexity index is 836. The third kappa shape index (κ3) is 4.46. The molecule has 3 aromatic rings. The first-order chi connectivity index (χ1) is 13.1. The van der Waals surface area contributed by atoms with Crippen LogP contribution in [0, 0.1) is 0 Å². The number of benzene rings is 3. The summed E-state index contributed by atoms with van der Waals surface area (Å²) >= 11 is 0. The van der Waals surface area contributed by atoms with E-state index in [-0.39, 0.29) is 11.6 Å². The van der Waals surface area contributed by atoms with Crippen LogP contribution in [0.5, 0.6) is 0 Å². The van der Waals surface area contributed by atoms with Gasteiger partial charge in [-0.2, -0.15) is 0 Å². The summed E-state index contributed by atoms with van der Waals surface area (Å²) in [4.78, 5) is 10.8. The number of hydrogen-bond acceptors (Lipinski definition) is 1. The molecule has 2 nitrogen and oxygen atoms in total. The van der Waals surface area contributed by atoms with Gasteiger partial charge in [0.1, 0.15) is 0 Å². The Morgan fingerprint density at radius 2 is 1.30 bits per heavy atom. The van der Waals surface area contributed by atoms with Crippen LogP contribution >= 0.6 is 9.24 Å². The summed E-state index contributed by atoms with van der Waals surface area (Å²) in [6, 6.07) is 29.6. The number of aryl methyl sites for hydroxylation is 1. The van der Waals surface area contributed by atoms with E-state index in [1.807, 2.05) is 12.1 Å². The molecule has 27 heavy (non-hydrogen) atoms. The minimum Gasteiger partial charge on any atom is -0.481 e. The van der Waals surface area contributed by atoms with E-state index in [4.69, 9.17) is 5.11 Å². The molecule has 0 fully saturated rings. The van der Waals surface area contributed by atoms with Gasteiger partial charge in [-0.1, -0.05) is 84.9 Å². The lowest BCUT2D eigenvalue weighted by atomic mass is 9.81. The molecule has 3 heteroatoms. The fourth-order valence-corrected chi connectivity index (χ4v) is 4.26. The van der Waals surface area contributed by atoms with E-state index >= 15 is 0 Å². The molecule has 0 saturated heterocycles. The first-order valence-electron chi connectivity index (χ1n) is 9.32. The van der Waals surface area contributed by atoms with Gasteiger partial charge in [-0.05, 0) is 41.5 Å². The van der Waals surface area contributed by atoms with E-state index < -0.39 is 5.97 Å². The number of aliphatic carboxylic acids is 1. The van der Waals surface area contributed by atoms with Crippen LogP contribution in [0.3, 0.4) is 0 Å². The molecule has 0 radical (unpaired) electrons. The van der Waals surface area contributed by atoms with Gasteiger partial charge in [0.25, 0.3) is 0 Å². The van der Waals surface area contributed by atoms with E-state index in [1.54, 1.807) is 0 Å². The minimum atomic E-state index is -0.725. The van der Waals surface area contributed by atoms with Gasteiger partial charge in [0, 0.05) is 6.42 Å². The molecule has 0 saturated carbocycles. The number of rotatable bonds is 8. The maximum absolute atomic E-state index is 10.8. The van der Waals surface area contributed by atoms with Crippen molar-refractivity contribution < 1.29 is 9.90 Å². The van der Waals surface area contributed by atoms with Gasteiger partial charge >= 0.3 is 5.97 Å². The van der Waals surface area contributed by atoms with Gasteiger partial charge in [0.15, 0.2) is 0 Å². The van der Waals surface area contributed by atoms with Crippen LogP contribution in [0.15, 0.2) is 84.9 Å². The van der Waals surface area contributed by atoms with E-state index in [0.717, 1.165) is 12.8 Å². The van der Waals surface area contributed by atoms with Crippen molar-refractivity contribution in [1.82, 2.24) is 0 Å². The Morgan fingerprint density at radius 3 is 1.85 bits per heavy atom. The van der Waals surface area contributed by atoms with E-state index in [9.17, 15) is 4.79 Å². The number of hydrogen-bond donors (Lipinski definition) is 1. The highest BCUT2D eigenvalue weighted by molar-refractivity contribution is 7.19. The van der Waals surface area contributed by atoms with Gasteiger partial charge < -0.3 is 5.11 Å². The maximum atomic E-state index is 10.8. The van der Waals surface area contributed by atoms with Crippen LogP contribution in [0.1, 0.15) is 41.5 Å². The molecular weight excluding hydrogens is 351 g/mol. The first kappa shape index (κ1) is 19.3. The predicted molar refractivity (Wildman–Crippen MR) is 114 cm³/mol. The molecule has 1 N–H and O–H groups in total. The fraction of sp³-hybridized carbons (Fsp3) is 0.208. The molecule has 0 heterocycles. The highest BCUT2D eigenvalue weighted by Crippen LogP contribution is 2.46. The second-order valence-corrected chi connectivity index (χ2v) is 7.66. The molecule has 1 atom stereocenters. The van der Waals surface area contributed by atoms with E-state index in [0.29, 0.717) is 6.42 Å². The molecule has 138 valence electrons. The Kier molecular flexibility index (Phi) is 6.42. The number of unbranched alkanes of at least 4 members (excludes halogenated alkanes) is 1. The lowest BCUT2D eigenvalue weighted by Gasteiger charge is -2.33. The minimum absolute atomic E-state index is 0.228. The molecule has 3 aromatic carbocycles. The van der Waals surface area contributed by atoms with E-state index in [2.05, 4.69) is 82.0 Å². The van der Waals surface area contributed by atoms with Crippen LogP contribution in [-0.2, 0) is 16.4 Å². The van der Waals surface area contributed by atoms with Crippen molar-refractivity contribution in [2.24, 2.45) is 0 Å². The van der Waals surface area contributed by atoms with E-state index in [1.165, 1.54) is 22.3 Å². The summed E-state index contributed by atoms with van der Waals surface area (Å²) in [5, 5.41) is 8.55.